The first-order valence-corrected chi connectivity index (χ1v) is 6.86. The molecule has 2 aliphatic rings. The lowest BCUT2D eigenvalue weighted by atomic mass is 9.87. The maximum atomic E-state index is 12.4. The maximum absolute atomic E-state index is 12.4. The molecule has 2 heterocycles. The van der Waals surface area contributed by atoms with Crippen LogP contribution in [0.3, 0.4) is 0 Å². The number of amides is 3. The van der Waals surface area contributed by atoms with Gasteiger partial charge in [-0.1, -0.05) is 6.92 Å². The highest BCUT2D eigenvalue weighted by atomic mass is 16.2. The maximum Gasteiger partial charge on any atom is 0.325 e. The number of likely N-dealkylation sites (tertiary alicyclic amines) is 1. The number of carbonyl (C=O) groups excluding carboxylic acids is 2. The van der Waals surface area contributed by atoms with Gasteiger partial charge in [-0.25, -0.2) is 4.79 Å². The number of unbranched alkanes of at least 4 members (excludes halogenated alkanes) is 1. The molecule has 2 fully saturated rings. The number of piperidine rings is 1. The molecular weight excluding hydrogens is 244 g/mol. The van der Waals surface area contributed by atoms with Crippen LogP contribution in [0.1, 0.15) is 32.6 Å². The Hall–Kier alpha value is -1.61. The molecule has 6 heteroatoms. The quantitative estimate of drug-likeness (QED) is 0.599. The minimum Gasteiger partial charge on any atom is -0.323 e. The van der Waals surface area contributed by atoms with Crippen LogP contribution < -0.4 is 5.32 Å². The van der Waals surface area contributed by atoms with Crippen molar-refractivity contribution >= 4 is 11.9 Å². The molecule has 1 spiro atoms. The third-order valence-electron chi connectivity index (χ3n) is 4.07. The number of hydrogen-bond acceptors (Lipinski definition) is 4. The van der Waals surface area contributed by atoms with Crippen LogP contribution in [0.4, 0.5) is 4.79 Å². The SMILES string of the molecule is CCN1CCC2(CC1)NC(=O)N(CCCC#N)C2=O. The van der Waals surface area contributed by atoms with Crippen molar-refractivity contribution < 1.29 is 9.59 Å². The summed E-state index contributed by atoms with van der Waals surface area (Å²) in [4.78, 5) is 27.9. The van der Waals surface area contributed by atoms with Gasteiger partial charge in [0.1, 0.15) is 5.54 Å². The van der Waals surface area contributed by atoms with E-state index in [9.17, 15) is 9.59 Å². The Kier molecular flexibility index (Phi) is 4.05. The van der Waals surface area contributed by atoms with E-state index >= 15 is 0 Å². The van der Waals surface area contributed by atoms with Crippen LogP contribution in [0.5, 0.6) is 0 Å². The van der Waals surface area contributed by atoms with E-state index in [4.69, 9.17) is 5.26 Å². The van der Waals surface area contributed by atoms with E-state index in [1.165, 1.54) is 4.90 Å². The van der Waals surface area contributed by atoms with Crippen molar-refractivity contribution in [1.82, 2.24) is 15.1 Å². The predicted molar refractivity (Wildman–Crippen MR) is 69.2 cm³/mol. The third kappa shape index (κ3) is 2.56. The second-order valence-electron chi connectivity index (χ2n) is 5.16. The summed E-state index contributed by atoms with van der Waals surface area (Å²) in [7, 11) is 0. The Morgan fingerprint density at radius 2 is 2.05 bits per heavy atom. The van der Waals surface area contributed by atoms with E-state index in [1.807, 2.05) is 6.07 Å². The van der Waals surface area contributed by atoms with Crippen LogP contribution in [0.25, 0.3) is 0 Å². The lowest BCUT2D eigenvalue weighted by molar-refractivity contribution is -0.133. The van der Waals surface area contributed by atoms with Crippen LogP contribution in [0, 0.1) is 11.3 Å². The molecule has 0 radical (unpaired) electrons. The van der Waals surface area contributed by atoms with Gasteiger partial charge in [0, 0.05) is 26.1 Å². The molecule has 19 heavy (non-hydrogen) atoms. The molecular formula is C13H20N4O2. The van der Waals surface area contributed by atoms with E-state index in [0.29, 0.717) is 32.2 Å². The number of carbonyl (C=O) groups is 2. The average Bonchev–Trinajstić information content (AvgIpc) is 2.64. The second kappa shape index (κ2) is 5.57. The highest BCUT2D eigenvalue weighted by molar-refractivity contribution is 6.07. The number of nitriles is 1. The van der Waals surface area contributed by atoms with E-state index in [2.05, 4.69) is 17.1 Å². The van der Waals surface area contributed by atoms with Crippen molar-refractivity contribution in [2.45, 2.75) is 38.1 Å². The molecule has 0 aliphatic carbocycles. The van der Waals surface area contributed by atoms with Gasteiger partial charge < -0.3 is 10.2 Å². The number of nitrogens with one attached hydrogen (secondary N) is 1. The Labute approximate surface area is 113 Å². The molecule has 0 aromatic rings. The van der Waals surface area contributed by atoms with E-state index in [-0.39, 0.29) is 11.9 Å². The van der Waals surface area contributed by atoms with Crippen molar-refractivity contribution in [2.75, 3.05) is 26.2 Å². The summed E-state index contributed by atoms with van der Waals surface area (Å²) in [5, 5.41) is 11.4. The number of hydrogen-bond donors (Lipinski definition) is 1. The molecule has 1 N–H and O–H groups in total. The molecule has 3 amide bonds. The molecule has 104 valence electrons. The van der Waals surface area contributed by atoms with Gasteiger partial charge in [0.15, 0.2) is 0 Å². The van der Waals surface area contributed by atoms with Gasteiger partial charge in [0.25, 0.3) is 5.91 Å². The van der Waals surface area contributed by atoms with Crippen LogP contribution in [-0.4, -0.2) is 53.5 Å². The largest absolute Gasteiger partial charge is 0.325 e. The van der Waals surface area contributed by atoms with Crippen LogP contribution in [0.2, 0.25) is 0 Å². The van der Waals surface area contributed by atoms with Gasteiger partial charge in [0.2, 0.25) is 0 Å². The molecule has 0 atom stereocenters. The molecule has 0 aromatic carbocycles. The monoisotopic (exact) mass is 264 g/mol. The van der Waals surface area contributed by atoms with E-state index in [1.54, 1.807) is 0 Å². The third-order valence-corrected chi connectivity index (χ3v) is 4.07. The minimum absolute atomic E-state index is 0.105. The summed E-state index contributed by atoms with van der Waals surface area (Å²) < 4.78 is 0. The van der Waals surface area contributed by atoms with Gasteiger partial charge in [-0.15, -0.1) is 0 Å². The van der Waals surface area contributed by atoms with Crippen molar-refractivity contribution in [3.05, 3.63) is 0 Å². The van der Waals surface area contributed by atoms with Gasteiger partial charge in [-0.3, -0.25) is 9.69 Å². The average molecular weight is 264 g/mol. The summed E-state index contributed by atoms with van der Waals surface area (Å²) in [5.74, 6) is -0.105. The first-order valence-electron chi connectivity index (χ1n) is 6.86. The van der Waals surface area contributed by atoms with E-state index in [0.717, 1.165) is 19.6 Å². The van der Waals surface area contributed by atoms with Crippen LogP contribution >= 0.6 is 0 Å². The Morgan fingerprint density at radius 3 is 2.63 bits per heavy atom. The molecule has 0 bridgehead atoms. The summed E-state index contributed by atoms with van der Waals surface area (Å²) in [6.07, 6.45) is 2.28. The molecule has 2 rings (SSSR count). The highest BCUT2D eigenvalue weighted by Crippen LogP contribution is 2.29. The van der Waals surface area contributed by atoms with Gasteiger partial charge in [0.05, 0.1) is 6.07 Å². The fourth-order valence-corrected chi connectivity index (χ4v) is 2.79. The number of rotatable bonds is 4. The Bertz CT molecular complexity index is 407. The lowest BCUT2D eigenvalue weighted by Gasteiger charge is -2.36. The topological polar surface area (TPSA) is 76.4 Å². The van der Waals surface area contributed by atoms with Crippen molar-refractivity contribution in [3.63, 3.8) is 0 Å². The Morgan fingerprint density at radius 1 is 1.37 bits per heavy atom. The van der Waals surface area contributed by atoms with E-state index < -0.39 is 5.54 Å². The normalized spacial score (nSPS) is 22.6. The molecule has 2 saturated heterocycles. The first kappa shape index (κ1) is 13.8. The zero-order valence-electron chi connectivity index (χ0n) is 11.3. The standard InChI is InChI=1S/C13H20N4O2/c1-2-16-9-5-13(6-10-16)11(18)17(12(19)15-13)8-4-3-7-14/h2-6,8-10H2,1H3,(H,15,19). The zero-order valence-corrected chi connectivity index (χ0v) is 11.3. The smallest absolute Gasteiger partial charge is 0.323 e. The molecule has 0 aromatic heterocycles. The first-order chi connectivity index (χ1) is 9.13. The summed E-state index contributed by atoms with van der Waals surface area (Å²) >= 11 is 0. The van der Waals surface area contributed by atoms with Crippen molar-refractivity contribution in [3.8, 4) is 6.07 Å². The van der Waals surface area contributed by atoms with Gasteiger partial charge >= 0.3 is 6.03 Å². The molecule has 0 unspecified atom stereocenters. The fourth-order valence-electron chi connectivity index (χ4n) is 2.79. The summed E-state index contributed by atoms with van der Waals surface area (Å²) in [5.41, 5.74) is -0.685. The second-order valence-corrected chi connectivity index (χ2v) is 5.16. The lowest BCUT2D eigenvalue weighted by Crippen LogP contribution is -2.54. The van der Waals surface area contributed by atoms with Crippen molar-refractivity contribution in [1.29, 1.82) is 5.26 Å². The number of urea groups is 1. The summed E-state index contributed by atoms with van der Waals surface area (Å²) in [6.45, 7) is 5.10. The number of nitrogens with zero attached hydrogens (tertiary/aromatic N) is 3. The Balaban J connectivity index is 2.00. The van der Waals surface area contributed by atoms with Crippen molar-refractivity contribution in [2.24, 2.45) is 0 Å². The molecule has 0 saturated carbocycles. The van der Waals surface area contributed by atoms with Crippen LogP contribution in [-0.2, 0) is 4.79 Å². The fraction of sp³-hybridized carbons (Fsp3) is 0.769. The number of imide groups is 1. The van der Waals surface area contributed by atoms with Gasteiger partial charge in [-0.05, 0) is 25.8 Å². The molecule has 6 nitrogen and oxygen atoms in total. The summed E-state index contributed by atoms with van der Waals surface area (Å²) in [6, 6.07) is 1.73. The highest BCUT2D eigenvalue weighted by Gasteiger charge is 2.51. The zero-order chi connectivity index (χ0) is 13.9. The molecule has 2 aliphatic heterocycles. The minimum atomic E-state index is -0.685. The van der Waals surface area contributed by atoms with Gasteiger partial charge in [-0.2, -0.15) is 5.26 Å². The van der Waals surface area contributed by atoms with Crippen LogP contribution in [0.15, 0.2) is 0 Å². The predicted octanol–water partition coefficient (Wildman–Crippen LogP) is 0.696.